The standard InChI is InChI=1S/C15H23F2N3.HI/c1-4-5-10-20(3)15(18-2)19-9-8-12-11-13(16)6-7-14(12)17;/h6-7,11H,4-5,8-10H2,1-3H3,(H,18,19);1H. The van der Waals surface area contributed by atoms with E-state index < -0.39 is 5.82 Å². The van der Waals surface area contributed by atoms with Crippen LogP contribution in [-0.4, -0.2) is 38.0 Å². The average Bonchev–Trinajstić information content (AvgIpc) is 2.44. The minimum Gasteiger partial charge on any atom is -0.356 e. The third kappa shape index (κ3) is 7.06. The van der Waals surface area contributed by atoms with E-state index in [4.69, 9.17) is 0 Å². The second-order valence-electron chi connectivity index (χ2n) is 4.73. The number of unbranched alkanes of at least 4 members (excludes halogenated alkanes) is 1. The van der Waals surface area contributed by atoms with Crippen LogP contribution in [-0.2, 0) is 6.42 Å². The van der Waals surface area contributed by atoms with Crippen LogP contribution in [0.15, 0.2) is 23.2 Å². The first-order chi connectivity index (χ1) is 9.58. The SMILES string of the molecule is CCCCN(C)C(=NC)NCCc1cc(F)ccc1F.I. The van der Waals surface area contributed by atoms with Gasteiger partial charge in [-0.05, 0) is 36.6 Å². The van der Waals surface area contributed by atoms with Gasteiger partial charge in [0.2, 0.25) is 0 Å². The Hall–Kier alpha value is -0.920. The molecule has 0 atom stereocenters. The van der Waals surface area contributed by atoms with E-state index in [1.165, 1.54) is 6.07 Å². The number of nitrogens with zero attached hydrogens (tertiary/aromatic N) is 2. The van der Waals surface area contributed by atoms with Gasteiger partial charge in [-0.3, -0.25) is 4.99 Å². The van der Waals surface area contributed by atoms with Gasteiger partial charge in [-0.2, -0.15) is 0 Å². The van der Waals surface area contributed by atoms with Crippen molar-refractivity contribution in [1.29, 1.82) is 0 Å². The molecule has 0 aliphatic rings. The van der Waals surface area contributed by atoms with E-state index in [2.05, 4.69) is 17.2 Å². The fourth-order valence-corrected chi connectivity index (χ4v) is 1.93. The lowest BCUT2D eigenvalue weighted by atomic mass is 10.1. The van der Waals surface area contributed by atoms with E-state index in [-0.39, 0.29) is 29.8 Å². The first-order valence-corrected chi connectivity index (χ1v) is 6.94. The normalized spacial score (nSPS) is 11.0. The quantitative estimate of drug-likeness (QED) is 0.441. The molecule has 0 spiro atoms. The van der Waals surface area contributed by atoms with Crippen LogP contribution in [0.5, 0.6) is 0 Å². The van der Waals surface area contributed by atoms with E-state index >= 15 is 0 Å². The molecule has 0 aliphatic carbocycles. The largest absolute Gasteiger partial charge is 0.356 e. The van der Waals surface area contributed by atoms with E-state index in [1.807, 2.05) is 11.9 Å². The highest BCUT2D eigenvalue weighted by atomic mass is 127. The summed E-state index contributed by atoms with van der Waals surface area (Å²) in [4.78, 5) is 6.21. The molecular weight excluding hydrogens is 387 g/mol. The highest BCUT2D eigenvalue weighted by Gasteiger charge is 2.07. The molecule has 21 heavy (non-hydrogen) atoms. The maximum atomic E-state index is 13.5. The molecule has 0 bridgehead atoms. The minimum atomic E-state index is -0.411. The molecular formula is C15H24F2IN3. The molecule has 3 nitrogen and oxygen atoms in total. The Morgan fingerprint density at radius 2 is 2.05 bits per heavy atom. The summed E-state index contributed by atoms with van der Waals surface area (Å²) in [5.74, 6) is -0.0105. The van der Waals surface area contributed by atoms with Crippen molar-refractivity contribution >= 4 is 29.9 Å². The van der Waals surface area contributed by atoms with E-state index in [1.54, 1.807) is 7.05 Å². The Kier molecular flexibility index (Phi) is 10.3. The van der Waals surface area contributed by atoms with Crippen molar-refractivity contribution < 1.29 is 8.78 Å². The van der Waals surface area contributed by atoms with Crippen LogP contribution in [0.25, 0.3) is 0 Å². The molecule has 0 unspecified atom stereocenters. The predicted octanol–water partition coefficient (Wildman–Crippen LogP) is 3.43. The number of hydrogen-bond acceptors (Lipinski definition) is 1. The summed E-state index contributed by atoms with van der Waals surface area (Å²) in [7, 11) is 3.68. The average molecular weight is 411 g/mol. The Morgan fingerprint density at radius 3 is 2.67 bits per heavy atom. The van der Waals surface area contributed by atoms with Crippen molar-refractivity contribution in [3.63, 3.8) is 0 Å². The van der Waals surface area contributed by atoms with Crippen LogP contribution in [0.4, 0.5) is 8.78 Å². The Labute approximate surface area is 142 Å². The summed E-state index contributed by atoms with van der Waals surface area (Å²) < 4.78 is 26.5. The van der Waals surface area contributed by atoms with Crippen LogP contribution >= 0.6 is 24.0 Å². The zero-order chi connectivity index (χ0) is 15.0. The van der Waals surface area contributed by atoms with Crippen LogP contribution in [0, 0.1) is 11.6 Å². The van der Waals surface area contributed by atoms with Gasteiger partial charge in [-0.25, -0.2) is 8.78 Å². The zero-order valence-electron chi connectivity index (χ0n) is 12.8. The van der Waals surface area contributed by atoms with Gasteiger partial charge >= 0.3 is 0 Å². The molecule has 1 rings (SSSR count). The summed E-state index contributed by atoms with van der Waals surface area (Å²) in [6.45, 7) is 3.57. The Morgan fingerprint density at radius 1 is 1.33 bits per heavy atom. The van der Waals surface area contributed by atoms with Crippen molar-refractivity contribution in [2.75, 3.05) is 27.2 Å². The van der Waals surface area contributed by atoms with Crippen molar-refractivity contribution in [1.82, 2.24) is 10.2 Å². The molecule has 0 heterocycles. The molecule has 0 saturated carbocycles. The first kappa shape index (κ1) is 20.1. The number of nitrogens with one attached hydrogen (secondary N) is 1. The van der Waals surface area contributed by atoms with Crippen LogP contribution in [0.2, 0.25) is 0 Å². The van der Waals surface area contributed by atoms with Gasteiger partial charge in [0.25, 0.3) is 0 Å². The molecule has 120 valence electrons. The van der Waals surface area contributed by atoms with E-state index in [9.17, 15) is 8.78 Å². The van der Waals surface area contributed by atoms with Crippen molar-refractivity contribution in [2.45, 2.75) is 26.2 Å². The van der Waals surface area contributed by atoms with Gasteiger partial charge in [0.05, 0.1) is 0 Å². The molecule has 0 saturated heterocycles. The number of hydrogen-bond donors (Lipinski definition) is 1. The molecule has 6 heteroatoms. The number of rotatable bonds is 6. The van der Waals surface area contributed by atoms with Gasteiger partial charge in [-0.1, -0.05) is 13.3 Å². The monoisotopic (exact) mass is 411 g/mol. The molecule has 0 fully saturated rings. The van der Waals surface area contributed by atoms with Gasteiger partial charge in [0.15, 0.2) is 5.96 Å². The van der Waals surface area contributed by atoms with E-state index in [0.29, 0.717) is 18.5 Å². The topological polar surface area (TPSA) is 27.6 Å². The number of aliphatic imine (C=N–C) groups is 1. The number of guanidine groups is 1. The summed E-state index contributed by atoms with van der Waals surface area (Å²) in [6.07, 6.45) is 2.63. The fraction of sp³-hybridized carbons (Fsp3) is 0.533. The molecule has 1 aromatic rings. The van der Waals surface area contributed by atoms with Gasteiger partial charge in [0, 0.05) is 27.2 Å². The molecule has 0 aromatic heterocycles. The molecule has 0 amide bonds. The van der Waals surface area contributed by atoms with Crippen LogP contribution in [0.1, 0.15) is 25.3 Å². The highest BCUT2D eigenvalue weighted by Crippen LogP contribution is 2.09. The third-order valence-electron chi connectivity index (χ3n) is 3.11. The summed E-state index contributed by atoms with van der Waals surface area (Å²) in [5, 5.41) is 3.16. The lowest BCUT2D eigenvalue weighted by Gasteiger charge is -2.21. The van der Waals surface area contributed by atoms with Crippen molar-refractivity contribution in [3.05, 3.63) is 35.4 Å². The summed E-state index contributed by atoms with van der Waals surface area (Å²) in [5.41, 5.74) is 0.379. The molecule has 1 N–H and O–H groups in total. The lowest BCUT2D eigenvalue weighted by Crippen LogP contribution is -2.40. The number of benzene rings is 1. The lowest BCUT2D eigenvalue weighted by molar-refractivity contribution is 0.464. The second-order valence-corrected chi connectivity index (χ2v) is 4.73. The van der Waals surface area contributed by atoms with Crippen LogP contribution < -0.4 is 5.32 Å². The number of halogens is 3. The maximum Gasteiger partial charge on any atom is 0.193 e. The van der Waals surface area contributed by atoms with Gasteiger partial charge < -0.3 is 10.2 Å². The van der Waals surface area contributed by atoms with Crippen molar-refractivity contribution in [2.24, 2.45) is 4.99 Å². The molecule has 0 radical (unpaired) electrons. The molecule has 1 aromatic carbocycles. The zero-order valence-corrected chi connectivity index (χ0v) is 15.2. The van der Waals surface area contributed by atoms with Gasteiger partial charge in [0.1, 0.15) is 11.6 Å². The van der Waals surface area contributed by atoms with Crippen LogP contribution in [0.3, 0.4) is 0 Å². The minimum absolute atomic E-state index is 0. The van der Waals surface area contributed by atoms with Gasteiger partial charge in [-0.15, -0.1) is 24.0 Å². The molecule has 0 aliphatic heterocycles. The maximum absolute atomic E-state index is 13.5. The third-order valence-corrected chi connectivity index (χ3v) is 3.11. The first-order valence-electron chi connectivity index (χ1n) is 6.94. The van der Waals surface area contributed by atoms with E-state index in [0.717, 1.165) is 37.5 Å². The smallest absolute Gasteiger partial charge is 0.193 e. The highest BCUT2D eigenvalue weighted by molar-refractivity contribution is 14.0. The Balaban J connectivity index is 0.00000400. The fourth-order valence-electron chi connectivity index (χ4n) is 1.93. The second kappa shape index (κ2) is 10.8. The van der Waals surface area contributed by atoms with Crippen molar-refractivity contribution in [3.8, 4) is 0 Å². The Bertz CT molecular complexity index is 453. The summed E-state index contributed by atoms with van der Waals surface area (Å²) in [6, 6.07) is 3.52. The summed E-state index contributed by atoms with van der Waals surface area (Å²) >= 11 is 0. The predicted molar refractivity (Wildman–Crippen MR) is 94.4 cm³/mol.